The molecular weight excluding hydrogens is 270 g/mol. The summed E-state index contributed by atoms with van der Waals surface area (Å²) < 4.78 is 0. The SMILES string of the molecule is CCCc1c(Cl)ncnc1NCC(C)(O)CSC. The van der Waals surface area contributed by atoms with E-state index in [1.807, 2.05) is 6.26 Å². The average Bonchev–Trinajstić information content (AvgIpc) is 2.30. The van der Waals surface area contributed by atoms with Crippen LogP contribution in [0.3, 0.4) is 0 Å². The molecule has 0 radical (unpaired) electrons. The Balaban J connectivity index is 2.75. The van der Waals surface area contributed by atoms with Gasteiger partial charge in [-0.1, -0.05) is 24.9 Å². The standard InChI is InChI=1S/C12H20ClN3OS/c1-4-5-9-10(13)15-8-16-11(9)14-6-12(2,17)7-18-3/h8,17H,4-7H2,1-3H3,(H,14,15,16). The molecule has 0 aromatic carbocycles. The summed E-state index contributed by atoms with van der Waals surface area (Å²) in [6, 6.07) is 0. The normalized spacial score (nSPS) is 14.3. The van der Waals surface area contributed by atoms with Crippen LogP contribution in [0.2, 0.25) is 5.15 Å². The molecule has 1 aromatic heterocycles. The van der Waals surface area contributed by atoms with E-state index < -0.39 is 5.60 Å². The number of aromatic nitrogens is 2. The summed E-state index contributed by atoms with van der Waals surface area (Å²) >= 11 is 7.67. The number of nitrogens with zero attached hydrogens (tertiary/aromatic N) is 2. The van der Waals surface area contributed by atoms with E-state index in [1.165, 1.54) is 6.33 Å². The van der Waals surface area contributed by atoms with Gasteiger partial charge in [0.25, 0.3) is 0 Å². The summed E-state index contributed by atoms with van der Waals surface area (Å²) in [5.74, 6) is 1.39. The molecule has 4 nitrogen and oxygen atoms in total. The number of rotatable bonds is 7. The van der Waals surface area contributed by atoms with Crippen LogP contribution in [-0.4, -0.2) is 39.2 Å². The summed E-state index contributed by atoms with van der Waals surface area (Å²) in [6.07, 6.45) is 5.21. The van der Waals surface area contributed by atoms with Gasteiger partial charge in [-0.25, -0.2) is 9.97 Å². The molecule has 1 heterocycles. The molecule has 18 heavy (non-hydrogen) atoms. The Labute approximate surface area is 118 Å². The first-order chi connectivity index (χ1) is 8.50. The van der Waals surface area contributed by atoms with Crippen LogP contribution < -0.4 is 5.32 Å². The highest BCUT2D eigenvalue weighted by Gasteiger charge is 2.20. The van der Waals surface area contributed by atoms with Gasteiger partial charge in [-0.3, -0.25) is 0 Å². The molecule has 0 spiro atoms. The van der Waals surface area contributed by atoms with Gasteiger partial charge in [0, 0.05) is 17.9 Å². The highest BCUT2D eigenvalue weighted by molar-refractivity contribution is 7.98. The highest BCUT2D eigenvalue weighted by atomic mass is 35.5. The van der Waals surface area contributed by atoms with Crippen molar-refractivity contribution >= 4 is 29.2 Å². The molecule has 0 fully saturated rings. The third-order valence-corrected chi connectivity index (χ3v) is 3.72. The number of hydrogen-bond donors (Lipinski definition) is 2. The molecule has 1 rings (SSSR count). The Morgan fingerprint density at radius 2 is 2.22 bits per heavy atom. The van der Waals surface area contributed by atoms with Gasteiger partial charge >= 0.3 is 0 Å². The second-order valence-electron chi connectivity index (χ2n) is 4.53. The first kappa shape index (κ1) is 15.5. The van der Waals surface area contributed by atoms with E-state index in [2.05, 4.69) is 22.2 Å². The molecule has 0 amide bonds. The Hall–Kier alpha value is -0.520. The summed E-state index contributed by atoms with van der Waals surface area (Å²) in [6.45, 7) is 4.33. The number of nitrogens with one attached hydrogen (secondary N) is 1. The zero-order chi connectivity index (χ0) is 13.6. The van der Waals surface area contributed by atoms with Crippen molar-refractivity contribution in [1.82, 2.24) is 9.97 Å². The fourth-order valence-corrected chi connectivity index (χ4v) is 2.60. The van der Waals surface area contributed by atoms with Crippen LogP contribution >= 0.6 is 23.4 Å². The summed E-state index contributed by atoms with van der Waals surface area (Å²) in [5, 5.41) is 13.8. The van der Waals surface area contributed by atoms with E-state index in [9.17, 15) is 5.11 Å². The van der Waals surface area contributed by atoms with Crippen LogP contribution in [0, 0.1) is 0 Å². The maximum atomic E-state index is 10.1. The number of thioether (sulfide) groups is 1. The molecule has 102 valence electrons. The smallest absolute Gasteiger partial charge is 0.137 e. The van der Waals surface area contributed by atoms with Crippen molar-refractivity contribution in [2.24, 2.45) is 0 Å². The minimum Gasteiger partial charge on any atom is -0.387 e. The Kier molecular flexibility index (Phi) is 6.18. The summed E-state index contributed by atoms with van der Waals surface area (Å²) in [7, 11) is 0. The van der Waals surface area contributed by atoms with E-state index in [0.29, 0.717) is 17.5 Å². The van der Waals surface area contributed by atoms with E-state index in [0.717, 1.165) is 24.2 Å². The first-order valence-corrected chi connectivity index (χ1v) is 7.72. The van der Waals surface area contributed by atoms with E-state index in [4.69, 9.17) is 11.6 Å². The van der Waals surface area contributed by atoms with Gasteiger partial charge in [0.15, 0.2) is 0 Å². The summed E-state index contributed by atoms with van der Waals surface area (Å²) in [5.41, 5.74) is 0.155. The van der Waals surface area contributed by atoms with Crippen molar-refractivity contribution in [3.05, 3.63) is 17.0 Å². The van der Waals surface area contributed by atoms with E-state index in [-0.39, 0.29) is 0 Å². The topological polar surface area (TPSA) is 58.0 Å². The quantitative estimate of drug-likeness (QED) is 0.756. The number of hydrogen-bond acceptors (Lipinski definition) is 5. The molecule has 1 atom stereocenters. The van der Waals surface area contributed by atoms with Gasteiger partial charge < -0.3 is 10.4 Å². The predicted molar refractivity (Wildman–Crippen MR) is 78.5 cm³/mol. The Bertz CT molecular complexity index is 388. The molecule has 0 aliphatic carbocycles. The summed E-state index contributed by atoms with van der Waals surface area (Å²) in [4.78, 5) is 8.18. The highest BCUT2D eigenvalue weighted by Crippen LogP contribution is 2.22. The van der Waals surface area contributed by atoms with Crippen molar-refractivity contribution in [3.63, 3.8) is 0 Å². The Morgan fingerprint density at radius 1 is 1.50 bits per heavy atom. The number of aliphatic hydroxyl groups is 1. The van der Waals surface area contributed by atoms with Crippen molar-refractivity contribution in [1.29, 1.82) is 0 Å². The number of anilines is 1. The fraction of sp³-hybridized carbons (Fsp3) is 0.667. The van der Waals surface area contributed by atoms with Gasteiger partial charge in [0.05, 0.1) is 5.60 Å². The zero-order valence-electron chi connectivity index (χ0n) is 11.0. The second-order valence-corrected chi connectivity index (χ2v) is 5.75. The van der Waals surface area contributed by atoms with Gasteiger partial charge in [-0.15, -0.1) is 0 Å². The average molecular weight is 290 g/mol. The molecule has 1 aromatic rings. The van der Waals surface area contributed by atoms with Crippen LogP contribution in [0.25, 0.3) is 0 Å². The van der Waals surface area contributed by atoms with E-state index in [1.54, 1.807) is 18.7 Å². The number of halogens is 1. The molecule has 0 saturated heterocycles. The van der Waals surface area contributed by atoms with Crippen LogP contribution in [-0.2, 0) is 6.42 Å². The van der Waals surface area contributed by atoms with Crippen LogP contribution in [0.1, 0.15) is 25.8 Å². The van der Waals surface area contributed by atoms with Crippen molar-refractivity contribution < 1.29 is 5.11 Å². The van der Waals surface area contributed by atoms with Gasteiger partial charge in [-0.05, 0) is 19.6 Å². The largest absolute Gasteiger partial charge is 0.387 e. The lowest BCUT2D eigenvalue weighted by Crippen LogP contribution is -2.36. The minimum absolute atomic E-state index is 0.442. The molecule has 2 N–H and O–H groups in total. The van der Waals surface area contributed by atoms with Crippen molar-refractivity contribution in [2.45, 2.75) is 32.3 Å². The van der Waals surface area contributed by atoms with Gasteiger partial charge in [0.2, 0.25) is 0 Å². The van der Waals surface area contributed by atoms with Crippen LogP contribution in [0.5, 0.6) is 0 Å². The minimum atomic E-state index is -0.764. The van der Waals surface area contributed by atoms with Gasteiger partial charge in [0.1, 0.15) is 17.3 Å². The molecule has 0 aliphatic heterocycles. The fourth-order valence-electron chi connectivity index (χ4n) is 1.65. The zero-order valence-corrected chi connectivity index (χ0v) is 12.6. The maximum Gasteiger partial charge on any atom is 0.137 e. The van der Waals surface area contributed by atoms with Gasteiger partial charge in [-0.2, -0.15) is 11.8 Å². The lowest BCUT2D eigenvalue weighted by atomic mass is 10.1. The van der Waals surface area contributed by atoms with E-state index >= 15 is 0 Å². The molecule has 0 saturated carbocycles. The van der Waals surface area contributed by atoms with Crippen molar-refractivity contribution in [2.75, 3.05) is 23.9 Å². The third kappa shape index (κ3) is 4.63. The molecule has 1 unspecified atom stereocenters. The molecule has 0 bridgehead atoms. The lowest BCUT2D eigenvalue weighted by Gasteiger charge is -2.23. The first-order valence-electron chi connectivity index (χ1n) is 5.94. The molecule has 6 heteroatoms. The van der Waals surface area contributed by atoms with Crippen LogP contribution in [0.4, 0.5) is 5.82 Å². The Morgan fingerprint density at radius 3 is 2.83 bits per heavy atom. The predicted octanol–water partition coefficient (Wildman–Crippen LogP) is 2.61. The van der Waals surface area contributed by atoms with Crippen LogP contribution in [0.15, 0.2) is 6.33 Å². The second kappa shape index (κ2) is 7.16. The molecule has 0 aliphatic rings. The monoisotopic (exact) mass is 289 g/mol. The lowest BCUT2D eigenvalue weighted by molar-refractivity contribution is 0.0996. The third-order valence-electron chi connectivity index (χ3n) is 2.48. The maximum absolute atomic E-state index is 10.1. The van der Waals surface area contributed by atoms with Crippen molar-refractivity contribution in [3.8, 4) is 0 Å². The molecular formula is C12H20ClN3OS.